The first kappa shape index (κ1) is 21.4. The number of hydrogen-bond donors (Lipinski definition) is 1. The van der Waals surface area contributed by atoms with E-state index in [1.807, 2.05) is 6.07 Å². The second-order valence-electron chi connectivity index (χ2n) is 7.51. The molecule has 1 aliphatic carbocycles. The van der Waals surface area contributed by atoms with Crippen molar-refractivity contribution in [1.82, 2.24) is 9.62 Å². The number of piperidine rings is 1. The van der Waals surface area contributed by atoms with Gasteiger partial charge in [-0.25, -0.2) is 8.42 Å². The van der Waals surface area contributed by atoms with Crippen molar-refractivity contribution < 1.29 is 35.9 Å². The van der Waals surface area contributed by atoms with Crippen molar-refractivity contribution in [3.63, 3.8) is 0 Å². The first-order chi connectivity index (χ1) is 14.1. The summed E-state index contributed by atoms with van der Waals surface area (Å²) < 4.78 is 68.0. The normalized spacial score (nSPS) is 27.8. The Morgan fingerprint density at radius 2 is 1.97 bits per heavy atom. The Hall–Kier alpha value is -1.79. The molecule has 1 aromatic carbocycles. The van der Waals surface area contributed by atoms with Crippen LogP contribution in [0.4, 0.5) is 18.0 Å². The molecule has 1 N–H and O–H groups in total. The summed E-state index contributed by atoms with van der Waals surface area (Å²) in [5, 5.41) is 1.47. The quantitative estimate of drug-likeness (QED) is 0.737. The van der Waals surface area contributed by atoms with E-state index in [0.29, 0.717) is 29.3 Å². The van der Waals surface area contributed by atoms with E-state index in [-0.39, 0.29) is 36.6 Å². The fourth-order valence-electron chi connectivity index (χ4n) is 4.21. The van der Waals surface area contributed by atoms with Gasteiger partial charge in [-0.3, -0.25) is 14.9 Å². The number of imide groups is 1. The lowest BCUT2D eigenvalue weighted by atomic mass is 9.97. The van der Waals surface area contributed by atoms with Crippen LogP contribution < -0.4 is 10.1 Å². The van der Waals surface area contributed by atoms with Crippen LogP contribution in [-0.2, 0) is 21.2 Å². The lowest BCUT2D eigenvalue weighted by Crippen LogP contribution is -2.48. The molecule has 0 aromatic heterocycles. The first-order valence-electron chi connectivity index (χ1n) is 9.43. The molecule has 2 saturated heterocycles. The molecule has 2 fully saturated rings. The number of thioether (sulfide) groups is 1. The summed E-state index contributed by atoms with van der Waals surface area (Å²) in [6.45, 7) is -0.546. The molecule has 3 atom stereocenters. The monoisotopic (exact) mass is 464 g/mol. The van der Waals surface area contributed by atoms with Gasteiger partial charge in [-0.05, 0) is 48.9 Å². The van der Waals surface area contributed by atoms with Gasteiger partial charge >= 0.3 is 15.5 Å². The van der Waals surface area contributed by atoms with Gasteiger partial charge in [0.1, 0.15) is 17.1 Å². The number of fused-ring (bicyclic) bond motifs is 1. The lowest BCUT2D eigenvalue weighted by Gasteiger charge is -2.32. The minimum atomic E-state index is -5.38. The number of rotatable bonds is 4. The number of benzene rings is 1. The third-order valence-electron chi connectivity index (χ3n) is 5.60. The van der Waals surface area contributed by atoms with Gasteiger partial charge in [0.25, 0.3) is 5.24 Å². The van der Waals surface area contributed by atoms with E-state index in [1.165, 1.54) is 0 Å². The van der Waals surface area contributed by atoms with E-state index in [9.17, 15) is 31.2 Å². The lowest BCUT2D eigenvalue weighted by molar-refractivity contribution is -0.119. The van der Waals surface area contributed by atoms with Crippen LogP contribution in [0.2, 0.25) is 0 Å². The van der Waals surface area contributed by atoms with Gasteiger partial charge in [-0.15, -0.1) is 0 Å². The van der Waals surface area contributed by atoms with Crippen LogP contribution >= 0.6 is 11.8 Å². The SMILES string of the molecule is O=C1NC(=O)C([C@@H]2CCc3cc(O[C@H]4CCCN(S(=O)(=O)C(F)(F)F)C4)ccc32)S1. The summed E-state index contributed by atoms with van der Waals surface area (Å²) in [5.41, 5.74) is -3.42. The number of sulfonamides is 1. The van der Waals surface area contributed by atoms with Crippen LogP contribution in [0, 0.1) is 0 Å². The van der Waals surface area contributed by atoms with Gasteiger partial charge in [-0.2, -0.15) is 17.5 Å². The average molecular weight is 464 g/mol. The standard InChI is InChI=1S/C18H19F3N2O5S2/c19-18(20,21)30(26,27)23-7-1-2-12(9-23)28-11-4-6-13-10(8-11)3-5-14(13)15-16(24)22-17(25)29-15/h4,6,8,12,14-15H,1-3,5,7,9H2,(H,22,24,25)/t12-,14+,15?/m0/s1. The molecule has 0 radical (unpaired) electrons. The number of nitrogens with zero attached hydrogens (tertiary/aromatic N) is 1. The third-order valence-corrected chi connectivity index (χ3v) is 8.31. The highest BCUT2D eigenvalue weighted by Gasteiger charge is 2.51. The molecule has 2 amide bonds. The first-order valence-corrected chi connectivity index (χ1v) is 11.8. The van der Waals surface area contributed by atoms with Gasteiger partial charge in [0.2, 0.25) is 5.91 Å². The van der Waals surface area contributed by atoms with Gasteiger partial charge < -0.3 is 4.74 Å². The van der Waals surface area contributed by atoms with Crippen LogP contribution in [0.15, 0.2) is 18.2 Å². The van der Waals surface area contributed by atoms with Crippen LogP contribution in [0.3, 0.4) is 0 Å². The van der Waals surface area contributed by atoms with Crippen LogP contribution in [-0.4, -0.2) is 53.8 Å². The Bertz CT molecular complexity index is 983. The van der Waals surface area contributed by atoms with E-state index in [4.69, 9.17) is 4.74 Å². The van der Waals surface area contributed by atoms with E-state index in [0.717, 1.165) is 22.9 Å². The van der Waals surface area contributed by atoms with E-state index in [1.54, 1.807) is 12.1 Å². The van der Waals surface area contributed by atoms with Gasteiger partial charge in [0.15, 0.2) is 0 Å². The summed E-state index contributed by atoms with van der Waals surface area (Å²) in [5.74, 6) is 0.0641. The molecule has 1 aromatic rings. The largest absolute Gasteiger partial charge is 0.511 e. The predicted octanol–water partition coefficient (Wildman–Crippen LogP) is 2.76. The Labute approximate surface area is 175 Å². The minimum Gasteiger partial charge on any atom is -0.489 e. The number of nitrogens with one attached hydrogen (secondary N) is 1. The smallest absolute Gasteiger partial charge is 0.489 e. The zero-order valence-electron chi connectivity index (χ0n) is 15.6. The Kier molecular flexibility index (Phi) is 5.52. The Balaban J connectivity index is 1.45. The highest BCUT2D eigenvalue weighted by atomic mass is 32.2. The molecule has 2 aliphatic heterocycles. The summed E-state index contributed by atoms with van der Waals surface area (Å²) in [7, 11) is -5.38. The van der Waals surface area contributed by atoms with Crippen molar-refractivity contribution in [3.05, 3.63) is 29.3 Å². The molecular formula is C18H19F3N2O5S2. The predicted molar refractivity (Wildman–Crippen MR) is 103 cm³/mol. The van der Waals surface area contributed by atoms with Crippen LogP contribution in [0.5, 0.6) is 5.75 Å². The molecule has 30 heavy (non-hydrogen) atoms. The maximum Gasteiger partial charge on any atom is 0.511 e. The van der Waals surface area contributed by atoms with Crippen LogP contribution in [0.25, 0.3) is 0 Å². The Morgan fingerprint density at radius 3 is 2.63 bits per heavy atom. The molecule has 0 spiro atoms. The number of hydrogen-bond acceptors (Lipinski definition) is 6. The fourth-order valence-corrected chi connectivity index (χ4v) is 6.24. The van der Waals surface area contributed by atoms with Crippen molar-refractivity contribution in [1.29, 1.82) is 0 Å². The fraction of sp³-hybridized carbons (Fsp3) is 0.556. The maximum atomic E-state index is 12.8. The molecule has 4 rings (SSSR count). The summed E-state index contributed by atoms with van der Waals surface area (Å²) in [6.07, 6.45) is 1.44. The van der Waals surface area contributed by atoms with E-state index >= 15 is 0 Å². The van der Waals surface area contributed by atoms with E-state index < -0.39 is 26.9 Å². The van der Waals surface area contributed by atoms with Crippen LogP contribution in [0.1, 0.15) is 36.3 Å². The molecule has 0 saturated carbocycles. The van der Waals surface area contributed by atoms with Crippen molar-refractivity contribution >= 4 is 32.9 Å². The molecule has 1 unspecified atom stereocenters. The van der Waals surface area contributed by atoms with E-state index in [2.05, 4.69) is 5.32 Å². The number of halogens is 3. The third kappa shape index (κ3) is 3.92. The number of ether oxygens (including phenoxy) is 1. The van der Waals surface area contributed by atoms with Crippen molar-refractivity contribution in [2.24, 2.45) is 0 Å². The van der Waals surface area contributed by atoms with Gasteiger partial charge in [-0.1, -0.05) is 17.8 Å². The summed E-state index contributed by atoms with van der Waals surface area (Å²) in [4.78, 5) is 23.4. The highest BCUT2D eigenvalue weighted by Crippen LogP contribution is 2.43. The molecule has 7 nitrogen and oxygen atoms in total. The topological polar surface area (TPSA) is 92.8 Å². The second-order valence-corrected chi connectivity index (χ2v) is 10.6. The highest BCUT2D eigenvalue weighted by molar-refractivity contribution is 8.15. The molecule has 0 bridgehead atoms. The molecule has 3 aliphatic rings. The average Bonchev–Trinajstić information content (AvgIpc) is 3.22. The van der Waals surface area contributed by atoms with Gasteiger partial charge in [0.05, 0.1) is 6.54 Å². The summed E-state index contributed by atoms with van der Waals surface area (Å²) in [6, 6.07) is 5.27. The zero-order valence-corrected chi connectivity index (χ0v) is 17.3. The maximum absolute atomic E-state index is 12.8. The van der Waals surface area contributed by atoms with Crippen molar-refractivity contribution in [2.45, 2.75) is 48.5 Å². The number of carbonyl (C=O) groups excluding carboxylic acids is 2. The van der Waals surface area contributed by atoms with Gasteiger partial charge in [0, 0.05) is 12.5 Å². The molecular weight excluding hydrogens is 445 g/mol. The molecule has 2 heterocycles. The number of carbonyl (C=O) groups is 2. The molecule has 12 heteroatoms. The van der Waals surface area contributed by atoms with Crippen molar-refractivity contribution in [2.75, 3.05) is 13.1 Å². The minimum absolute atomic E-state index is 0.0902. The zero-order chi connectivity index (χ0) is 21.7. The Morgan fingerprint density at radius 1 is 1.20 bits per heavy atom. The number of amides is 2. The van der Waals surface area contributed by atoms with Crippen molar-refractivity contribution in [3.8, 4) is 5.75 Å². The number of alkyl halides is 3. The second kappa shape index (κ2) is 7.72. The number of aryl methyl sites for hydroxylation is 1. The molecule has 164 valence electrons. The summed E-state index contributed by atoms with van der Waals surface area (Å²) >= 11 is 0.987.